The van der Waals surface area contributed by atoms with E-state index in [1.54, 1.807) is 0 Å². The van der Waals surface area contributed by atoms with Gasteiger partial charge in [-0.3, -0.25) is 9.89 Å². The van der Waals surface area contributed by atoms with E-state index >= 15 is 0 Å². The monoisotopic (exact) mass is 338 g/mol. The van der Waals surface area contributed by atoms with Crippen LogP contribution in [0.4, 0.5) is 0 Å². The lowest BCUT2D eigenvalue weighted by atomic mass is 10.1. The van der Waals surface area contributed by atoms with E-state index in [2.05, 4.69) is 10.2 Å². The van der Waals surface area contributed by atoms with E-state index in [9.17, 15) is 4.79 Å². The number of aromatic amines is 1. The summed E-state index contributed by atoms with van der Waals surface area (Å²) in [5.74, 6) is -0.00198. The van der Waals surface area contributed by atoms with Crippen molar-refractivity contribution in [3.63, 3.8) is 0 Å². The Hall–Kier alpha value is -1.63. The number of H-pyrrole nitrogens is 1. The van der Waals surface area contributed by atoms with Crippen LogP contribution < -0.4 is 5.73 Å². The number of piperidine rings is 1. The van der Waals surface area contributed by atoms with Crippen LogP contribution in [0.25, 0.3) is 10.9 Å². The van der Waals surface area contributed by atoms with Gasteiger partial charge in [-0.2, -0.15) is 5.10 Å². The Balaban J connectivity index is 0.00000192. The van der Waals surface area contributed by atoms with Gasteiger partial charge in [-0.1, -0.05) is 18.2 Å². The zero-order valence-electron chi connectivity index (χ0n) is 13.0. The average molecular weight is 339 g/mol. The number of hydrogen-bond donors (Lipinski definition) is 2. The topological polar surface area (TPSA) is 84.2 Å². The largest absolute Gasteiger partial charge is 0.378 e. The molecule has 0 bridgehead atoms. The lowest BCUT2D eigenvalue weighted by molar-refractivity contribution is 0.00834. The first-order valence-corrected chi connectivity index (χ1v) is 7.83. The number of nitrogens with two attached hydrogens (primary N) is 1. The average Bonchev–Trinajstić information content (AvgIpc) is 2.99. The van der Waals surface area contributed by atoms with Gasteiger partial charge in [0.1, 0.15) is 0 Å². The molecule has 126 valence electrons. The van der Waals surface area contributed by atoms with Crippen LogP contribution >= 0.6 is 12.4 Å². The highest BCUT2D eigenvalue weighted by molar-refractivity contribution is 6.04. The summed E-state index contributed by atoms with van der Waals surface area (Å²) in [6.07, 6.45) is 2.88. The van der Waals surface area contributed by atoms with Crippen molar-refractivity contribution in [2.45, 2.75) is 25.4 Å². The fraction of sp³-hybridized carbons (Fsp3) is 0.500. The minimum atomic E-state index is -0.00198. The predicted molar refractivity (Wildman–Crippen MR) is 91.9 cm³/mol. The van der Waals surface area contributed by atoms with Crippen molar-refractivity contribution >= 4 is 29.2 Å². The number of rotatable bonds is 5. The number of nitrogens with zero attached hydrogens (tertiary/aromatic N) is 2. The number of carbonyl (C=O) groups excluding carboxylic acids is 1. The van der Waals surface area contributed by atoms with Crippen molar-refractivity contribution < 1.29 is 9.53 Å². The van der Waals surface area contributed by atoms with Gasteiger partial charge in [0.05, 0.1) is 11.6 Å². The Bertz CT molecular complexity index is 638. The van der Waals surface area contributed by atoms with Crippen molar-refractivity contribution in [2.24, 2.45) is 5.73 Å². The number of hydrogen-bond acceptors (Lipinski definition) is 4. The summed E-state index contributed by atoms with van der Waals surface area (Å²) >= 11 is 0. The van der Waals surface area contributed by atoms with Crippen molar-refractivity contribution in [3.05, 3.63) is 30.0 Å². The maximum Gasteiger partial charge on any atom is 0.274 e. The molecular formula is C16H23ClN4O2. The van der Waals surface area contributed by atoms with Gasteiger partial charge in [-0.25, -0.2) is 0 Å². The predicted octanol–water partition coefficient (Wildman–Crippen LogP) is 1.95. The zero-order valence-corrected chi connectivity index (χ0v) is 13.8. The lowest BCUT2D eigenvalue weighted by Crippen LogP contribution is -2.41. The quantitative estimate of drug-likeness (QED) is 0.816. The van der Waals surface area contributed by atoms with Crippen molar-refractivity contribution in [1.29, 1.82) is 0 Å². The van der Waals surface area contributed by atoms with E-state index in [0.717, 1.165) is 30.2 Å². The van der Waals surface area contributed by atoms with Crippen LogP contribution in [0.3, 0.4) is 0 Å². The summed E-state index contributed by atoms with van der Waals surface area (Å²) in [6.45, 7) is 2.79. The van der Waals surface area contributed by atoms with Gasteiger partial charge >= 0.3 is 0 Å². The Morgan fingerprint density at radius 1 is 1.35 bits per heavy atom. The first kappa shape index (κ1) is 17.7. The molecule has 1 fully saturated rings. The number of fused-ring (bicyclic) bond motifs is 1. The second kappa shape index (κ2) is 8.29. The molecule has 3 N–H and O–H groups in total. The second-order valence-electron chi connectivity index (χ2n) is 5.62. The summed E-state index contributed by atoms with van der Waals surface area (Å²) in [4.78, 5) is 14.5. The molecule has 6 nitrogen and oxygen atoms in total. The van der Waals surface area contributed by atoms with E-state index in [1.807, 2.05) is 29.2 Å². The second-order valence-corrected chi connectivity index (χ2v) is 5.62. The highest BCUT2D eigenvalue weighted by Crippen LogP contribution is 2.20. The van der Waals surface area contributed by atoms with Crippen LogP contribution in [0.2, 0.25) is 0 Å². The molecule has 3 rings (SSSR count). The molecule has 0 unspecified atom stereocenters. The Labute approximate surface area is 141 Å². The maximum atomic E-state index is 12.6. The Kier molecular flexibility index (Phi) is 6.38. The SMILES string of the molecule is Cl.NCCCOC1CCN(C(=O)c2n[nH]c3ccccc23)CC1. The Morgan fingerprint density at radius 2 is 2.09 bits per heavy atom. The van der Waals surface area contributed by atoms with Crippen molar-refractivity contribution in [3.8, 4) is 0 Å². The maximum absolute atomic E-state index is 12.6. The number of carbonyl (C=O) groups is 1. The summed E-state index contributed by atoms with van der Waals surface area (Å²) in [6, 6.07) is 7.70. The molecule has 1 aromatic heterocycles. The van der Waals surface area contributed by atoms with Gasteiger partial charge in [-0.15, -0.1) is 12.4 Å². The van der Waals surface area contributed by atoms with Gasteiger partial charge in [-0.05, 0) is 31.9 Å². The normalized spacial score (nSPS) is 15.6. The number of nitrogens with one attached hydrogen (secondary N) is 1. The molecule has 2 aromatic rings. The lowest BCUT2D eigenvalue weighted by Gasteiger charge is -2.31. The van der Waals surface area contributed by atoms with Gasteiger partial charge in [0.15, 0.2) is 5.69 Å². The van der Waals surface area contributed by atoms with E-state index in [1.165, 1.54) is 0 Å². The minimum absolute atomic E-state index is 0. The van der Waals surface area contributed by atoms with Crippen molar-refractivity contribution in [1.82, 2.24) is 15.1 Å². The third-order valence-corrected chi connectivity index (χ3v) is 4.10. The molecule has 1 aliphatic rings. The van der Waals surface area contributed by atoms with E-state index < -0.39 is 0 Å². The summed E-state index contributed by atoms with van der Waals surface area (Å²) in [5, 5.41) is 7.99. The number of benzene rings is 1. The third kappa shape index (κ3) is 4.02. The molecular weight excluding hydrogens is 316 g/mol. The molecule has 1 aliphatic heterocycles. The molecule has 23 heavy (non-hydrogen) atoms. The molecule has 0 radical (unpaired) electrons. The summed E-state index contributed by atoms with van der Waals surface area (Å²) in [7, 11) is 0. The first-order valence-electron chi connectivity index (χ1n) is 7.83. The third-order valence-electron chi connectivity index (χ3n) is 4.10. The van der Waals surface area contributed by atoms with Crippen LogP contribution in [0.5, 0.6) is 0 Å². The highest BCUT2D eigenvalue weighted by Gasteiger charge is 2.26. The highest BCUT2D eigenvalue weighted by atomic mass is 35.5. The zero-order chi connectivity index (χ0) is 15.4. The number of para-hydroxylation sites is 1. The molecule has 7 heteroatoms. The van der Waals surface area contributed by atoms with Crippen LogP contribution in [0.1, 0.15) is 29.8 Å². The van der Waals surface area contributed by atoms with Crippen LogP contribution in [-0.2, 0) is 4.74 Å². The number of likely N-dealkylation sites (tertiary alicyclic amines) is 1. The summed E-state index contributed by atoms with van der Waals surface area (Å²) < 4.78 is 5.77. The Morgan fingerprint density at radius 3 is 2.83 bits per heavy atom. The van der Waals surface area contributed by atoms with Gasteiger partial charge in [0.2, 0.25) is 0 Å². The first-order chi connectivity index (χ1) is 10.8. The molecule has 0 saturated carbocycles. The van der Waals surface area contributed by atoms with Gasteiger partial charge in [0, 0.05) is 25.1 Å². The number of ether oxygens (including phenoxy) is 1. The fourth-order valence-electron chi connectivity index (χ4n) is 2.84. The number of aromatic nitrogens is 2. The minimum Gasteiger partial charge on any atom is -0.378 e. The van der Waals surface area contributed by atoms with Crippen LogP contribution in [0, 0.1) is 0 Å². The van der Waals surface area contributed by atoms with E-state index in [0.29, 0.717) is 31.9 Å². The van der Waals surface area contributed by atoms with Crippen molar-refractivity contribution in [2.75, 3.05) is 26.2 Å². The van der Waals surface area contributed by atoms with Crippen LogP contribution in [-0.4, -0.2) is 53.3 Å². The standard InChI is InChI=1S/C16H22N4O2.ClH/c17-8-3-11-22-12-6-9-20(10-7-12)16(21)15-13-4-1-2-5-14(13)18-19-15;/h1-2,4-5,12H,3,6-11,17H2,(H,18,19);1H. The molecule has 0 spiro atoms. The molecule has 1 saturated heterocycles. The fourth-order valence-corrected chi connectivity index (χ4v) is 2.84. The molecule has 1 aromatic carbocycles. The van der Waals surface area contributed by atoms with Gasteiger partial charge in [0.25, 0.3) is 5.91 Å². The van der Waals surface area contributed by atoms with E-state index in [-0.39, 0.29) is 24.4 Å². The molecule has 1 amide bonds. The van der Waals surface area contributed by atoms with Gasteiger partial charge < -0.3 is 15.4 Å². The molecule has 0 aliphatic carbocycles. The van der Waals surface area contributed by atoms with Crippen LogP contribution in [0.15, 0.2) is 24.3 Å². The summed E-state index contributed by atoms with van der Waals surface area (Å²) in [5.41, 5.74) is 6.87. The molecule has 0 atom stereocenters. The number of halogens is 1. The van der Waals surface area contributed by atoms with E-state index in [4.69, 9.17) is 10.5 Å². The molecule has 2 heterocycles. The number of amides is 1. The smallest absolute Gasteiger partial charge is 0.274 e.